The van der Waals surface area contributed by atoms with E-state index in [1.165, 1.54) is 6.42 Å². The van der Waals surface area contributed by atoms with E-state index in [4.69, 9.17) is 0 Å². The van der Waals surface area contributed by atoms with E-state index < -0.39 is 10.0 Å². The van der Waals surface area contributed by atoms with Crippen molar-refractivity contribution in [2.45, 2.75) is 62.7 Å². The van der Waals surface area contributed by atoms with Crippen molar-refractivity contribution in [2.75, 3.05) is 37.6 Å². The van der Waals surface area contributed by atoms with E-state index in [2.05, 4.69) is 0 Å². The van der Waals surface area contributed by atoms with Crippen molar-refractivity contribution in [1.82, 2.24) is 9.21 Å². The molecule has 0 aliphatic carbocycles. The Morgan fingerprint density at radius 2 is 1.43 bits per heavy atom. The summed E-state index contributed by atoms with van der Waals surface area (Å²) in [5.74, 6) is -0.00353. The van der Waals surface area contributed by atoms with Crippen molar-refractivity contribution in [1.29, 1.82) is 0 Å². The molecule has 0 bridgehead atoms. The summed E-state index contributed by atoms with van der Waals surface area (Å²) in [5, 5.41) is 0. The monoisotopic (exact) mass is 433 g/mol. The van der Waals surface area contributed by atoms with Crippen LogP contribution in [0.5, 0.6) is 0 Å². The molecule has 0 saturated carbocycles. The van der Waals surface area contributed by atoms with Gasteiger partial charge in [-0.1, -0.05) is 6.42 Å². The fourth-order valence-corrected chi connectivity index (χ4v) is 6.27. The Balaban J connectivity index is 1.40. The first-order chi connectivity index (χ1) is 14.5. The normalized spacial score (nSPS) is 20.3. The second kappa shape index (κ2) is 9.06. The maximum atomic E-state index is 12.9. The lowest BCUT2D eigenvalue weighted by Gasteiger charge is -2.27. The van der Waals surface area contributed by atoms with Gasteiger partial charge in [-0.25, -0.2) is 8.42 Å². The molecule has 4 rings (SSSR count). The molecule has 164 valence electrons. The number of hydrogen-bond acceptors (Lipinski definition) is 4. The number of sulfonamides is 1. The summed E-state index contributed by atoms with van der Waals surface area (Å²) in [7, 11) is -3.48. The molecule has 0 atom stereocenters. The van der Waals surface area contributed by atoms with Gasteiger partial charge in [0.2, 0.25) is 21.8 Å². The van der Waals surface area contributed by atoms with Crippen LogP contribution in [0.4, 0.5) is 5.69 Å². The average Bonchev–Trinajstić information content (AvgIpc) is 3.22. The average molecular weight is 434 g/mol. The molecule has 8 heteroatoms. The van der Waals surface area contributed by atoms with Crippen LogP contribution in [0, 0.1) is 0 Å². The zero-order valence-electron chi connectivity index (χ0n) is 17.5. The number of likely N-dealkylation sites (tertiary alicyclic amines) is 1. The van der Waals surface area contributed by atoms with Crippen LogP contribution in [-0.2, 0) is 26.0 Å². The van der Waals surface area contributed by atoms with Crippen molar-refractivity contribution in [3.8, 4) is 0 Å². The Kier molecular flexibility index (Phi) is 6.43. The van der Waals surface area contributed by atoms with Crippen LogP contribution >= 0.6 is 0 Å². The number of hydrogen-bond donors (Lipinski definition) is 0. The first kappa shape index (κ1) is 21.3. The van der Waals surface area contributed by atoms with Crippen LogP contribution in [-0.4, -0.2) is 62.2 Å². The molecule has 2 saturated heterocycles. The first-order valence-corrected chi connectivity index (χ1v) is 12.6. The van der Waals surface area contributed by atoms with Gasteiger partial charge in [-0.2, -0.15) is 4.31 Å². The van der Waals surface area contributed by atoms with E-state index in [1.54, 1.807) is 27.4 Å². The number of anilines is 1. The SMILES string of the molecule is O=C(CCC(=O)N1CCc2cc(S(=O)(=O)N3CCCCC3)ccc21)N1CCCCC1. The van der Waals surface area contributed by atoms with Gasteiger partial charge in [0.1, 0.15) is 0 Å². The third kappa shape index (κ3) is 4.39. The van der Waals surface area contributed by atoms with Gasteiger partial charge in [-0.15, -0.1) is 0 Å². The molecular formula is C22H31N3O4S. The molecule has 0 aromatic heterocycles. The van der Waals surface area contributed by atoms with Crippen LogP contribution in [0.25, 0.3) is 0 Å². The summed E-state index contributed by atoms with van der Waals surface area (Å²) in [4.78, 5) is 29.0. The highest BCUT2D eigenvalue weighted by Gasteiger charge is 2.30. The smallest absolute Gasteiger partial charge is 0.243 e. The Morgan fingerprint density at radius 1 is 0.800 bits per heavy atom. The minimum atomic E-state index is -3.48. The van der Waals surface area contributed by atoms with Crippen LogP contribution in [0.1, 0.15) is 56.9 Å². The molecule has 3 aliphatic rings. The van der Waals surface area contributed by atoms with E-state index in [-0.39, 0.29) is 24.7 Å². The largest absolute Gasteiger partial charge is 0.343 e. The molecule has 0 N–H and O–H groups in total. The van der Waals surface area contributed by atoms with Crippen LogP contribution in [0.15, 0.2) is 23.1 Å². The number of fused-ring (bicyclic) bond motifs is 1. The Bertz CT molecular complexity index is 903. The molecule has 1 aromatic carbocycles. The van der Waals surface area contributed by atoms with Gasteiger partial charge >= 0.3 is 0 Å². The van der Waals surface area contributed by atoms with Crippen molar-refractivity contribution in [3.63, 3.8) is 0 Å². The number of amides is 2. The summed E-state index contributed by atoms with van der Waals surface area (Å²) in [6, 6.07) is 5.10. The second-order valence-corrected chi connectivity index (χ2v) is 10.4. The lowest BCUT2D eigenvalue weighted by Crippen LogP contribution is -2.37. The topological polar surface area (TPSA) is 78.0 Å². The zero-order chi connectivity index (χ0) is 21.1. The lowest BCUT2D eigenvalue weighted by molar-refractivity contribution is -0.133. The Labute approximate surface area is 179 Å². The first-order valence-electron chi connectivity index (χ1n) is 11.2. The van der Waals surface area contributed by atoms with E-state index in [9.17, 15) is 18.0 Å². The summed E-state index contributed by atoms with van der Waals surface area (Å²) < 4.78 is 27.4. The predicted molar refractivity (Wildman–Crippen MR) is 115 cm³/mol. The van der Waals surface area contributed by atoms with Crippen LogP contribution in [0.2, 0.25) is 0 Å². The molecule has 30 heavy (non-hydrogen) atoms. The van der Waals surface area contributed by atoms with Crippen LogP contribution in [0.3, 0.4) is 0 Å². The molecule has 2 amide bonds. The second-order valence-electron chi connectivity index (χ2n) is 8.49. The van der Waals surface area contributed by atoms with E-state index in [0.29, 0.717) is 31.0 Å². The van der Waals surface area contributed by atoms with Gasteiger partial charge in [0.25, 0.3) is 0 Å². The molecule has 3 heterocycles. The molecule has 2 fully saturated rings. The standard InChI is InChI=1S/C22H31N3O4S/c26-21(23-12-3-1-4-13-23)9-10-22(27)25-16-11-18-17-19(7-8-20(18)25)30(28,29)24-14-5-2-6-15-24/h7-8,17H,1-6,9-16H2. The Morgan fingerprint density at radius 3 is 2.13 bits per heavy atom. The van der Waals surface area contributed by atoms with Gasteiger partial charge in [0.05, 0.1) is 4.90 Å². The van der Waals surface area contributed by atoms with Crippen molar-refractivity contribution < 1.29 is 18.0 Å². The summed E-state index contributed by atoms with van der Waals surface area (Å²) in [6.45, 7) is 3.30. The fourth-order valence-electron chi connectivity index (χ4n) is 4.70. The summed E-state index contributed by atoms with van der Waals surface area (Å²) >= 11 is 0. The van der Waals surface area contributed by atoms with Gasteiger partial charge in [0.15, 0.2) is 0 Å². The fraction of sp³-hybridized carbons (Fsp3) is 0.636. The third-order valence-electron chi connectivity index (χ3n) is 6.46. The van der Waals surface area contributed by atoms with Crippen LogP contribution < -0.4 is 4.90 Å². The summed E-state index contributed by atoms with van der Waals surface area (Å²) in [5.41, 5.74) is 1.67. The molecule has 3 aliphatic heterocycles. The van der Waals surface area contributed by atoms with E-state index in [0.717, 1.165) is 56.4 Å². The van der Waals surface area contributed by atoms with Gasteiger partial charge < -0.3 is 9.80 Å². The maximum absolute atomic E-state index is 12.9. The molecular weight excluding hydrogens is 402 g/mol. The Hall–Kier alpha value is -1.93. The molecule has 0 spiro atoms. The van der Waals surface area contributed by atoms with Gasteiger partial charge in [-0.05, 0) is 62.3 Å². The highest BCUT2D eigenvalue weighted by atomic mass is 32.2. The highest BCUT2D eigenvalue weighted by molar-refractivity contribution is 7.89. The number of rotatable bonds is 5. The number of nitrogens with zero attached hydrogens (tertiary/aromatic N) is 3. The number of carbonyl (C=O) groups excluding carboxylic acids is 2. The van der Waals surface area contributed by atoms with Gasteiger partial charge in [0, 0.05) is 51.3 Å². The number of carbonyl (C=O) groups is 2. The quantitative estimate of drug-likeness (QED) is 0.715. The van der Waals surface area contributed by atoms with Crippen molar-refractivity contribution in [3.05, 3.63) is 23.8 Å². The zero-order valence-corrected chi connectivity index (χ0v) is 18.3. The van der Waals surface area contributed by atoms with Crippen molar-refractivity contribution in [2.24, 2.45) is 0 Å². The number of benzene rings is 1. The highest BCUT2D eigenvalue weighted by Crippen LogP contribution is 2.32. The predicted octanol–water partition coefficient (Wildman–Crippen LogP) is 2.54. The molecule has 7 nitrogen and oxygen atoms in total. The summed E-state index contributed by atoms with van der Waals surface area (Å²) in [6.07, 6.45) is 7.23. The van der Waals surface area contributed by atoms with E-state index in [1.807, 2.05) is 4.90 Å². The van der Waals surface area contributed by atoms with Crippen molar-refractivity contribution >= 4 is 27.5 Å². The molecule has 0 unspecified atom stereocenters. The van der Waals surface area contributed by atoms with E-state index >= 15 is 0 Å². The van der Waals surface area contributed by atoms with Gasteiger partial charge in [-0.3, -0.25) is 9.59 Å². The molecule has 1 aromatic rings. The minimum absolute atomic E-state index is 0.0606. The molecule has 0 radical (unpaired) electrons. The third-order valence-corrected chi connectivity index (χ3v) is 8.36. The number of piperidine rings is 2. The maximum Gasteiger partial charge on any atom is 0.243 e. The lowest BCUT2D eigenvalue weighted by atomic mass is 10.1. The minimum Gasteiger partial charge on any atom is -0.343 e.